The van der Waals surface area contributed by atoms with Crippen LogP contribution in [0.5, 0.6) is 40.2 Å². The number of phenolic OH excluding ortho intramolecular Hbond substituents is 1. The smallest absolute Gasteiger partial charge is 0.153 e. The molecule has 0 aliphatic rings. The lowest BCUT2D eigenvalue weighted by molar-refractivity contribution is 0.412. The highest BCUT2D eigenvalue weighted by atomic mass is 32.1. The average Bonchev–Trinajstić information content (AvgIpc) is 3.31. The maximum Gasteiger partial charge on any atom is 0.153 e. The molecule has 0 aliphatic carbocycles. The highest BCUT2D eigenvalue weighted by molar-refractivity contribution is 7.22. The van der Waals surface area contributed by atoms with Crippen LogP contribution in [0.2, 0.25) is 0 Å². The van der Waals surface area contributed by atoms with Gasteiger partial charge in [0, 0.05) is 10.1 Å². The molecule has 0 atom stereocenters. The van der Waals surface area contributed by atoms with Crippen molar-refractivity contribution in [1.82, 2.24) is 0 Å². The van der Waals surface area contributed by atoms with Crippen molar-refractivity contribution in [2.45, 2.75) is 0 Å². The molecule has 0 unspecified atom stereocenters. The van der Waals surface area contributed by atoms with Crippen LogP contribution >= 0.6 is 11.3 Å². The first-order valence-corrected chi connectivity index (χ1v) is 12.3. The van der Waals surface area contributed by atoms with E-state index in [0.717, 1.165) is 55.0 Å². The Labute approximate surface area is 220 Å². The van der Waals surface area contributed by atoms with Crippen LogP contribution < -0.4 is 23.7 Å². The van der Waals surface area contributed by atoms with E-state index in [-0.39, 0.29) is 5.75 Å². The molecule has 0 radical (unpaired) electrons. The third-order valence-electron chi connectivity index (χ3n) is 5.56. The molecule has 190 valence electrons. The van der Waals surface area contributed by atoms with Crippen molar-refractivity contribution in [3.63, 3.8) is 0 Å². The van der Waals surface area contributed by atoms with E-state index in [4.69, 9.17) is 28.8 Å². The fourth-order valence-corrected chi connectivity index (χ4v) is 4.72. The summed E-state index contributed by atoms with van der Waals surface area (Å²) in [6, 6.07) is 28.2. The molecule has 0 amide bonds. The van der Waals surface area contributed by atoms with Crippen molar-refractivity contribution >= 4 is 21.4 Å². The van der Waals surface area contributed by atoms with E-state index in [9.17, 15) is 0 Å². The predicted molar refractivity (Wildman–Crippen MR) is 148 cm³/mol. The molecule has 5 rings (SSSR count). The normalized spacial score (nSPS) is 10.3. The van der Waals surface area contributed by atoms with Gasteiger partial charge in [0.05, 0.1) is 33.3 Å². The van der Waals surface area contributed by atoms with Crippen molar-refractivity contribution < 1.29 is 28.8 Å². The predicted octanol–water partition coefficient (Wildman–Crippen LogP) is 7.79. The molecule has 0 fully saturated rings. The molecule has 4 aromatic carbocycles. The second kappa shape index (κ2) is 12.1. The van der Waals surface area contributed by atoms with Crippen molar-refractivity contribution in [1.29, 1.82) is 0 Å². The van der Waals surface area contributed by atoms with Crippen LogP contribution in [0, 0.1) is 0 Å². The van der Waals surface area contributed by atoms with Gasteiger partial charge in [-0.05, 0) is 96.6 Å². The van der Waals surface area contributed by atoms with E-state index in [1.54, 1.807) is 64.0 Å². The first-order chi connectivity index (χ1) is 18.0. The molecule has 0 aliphatic heterocycles. The molecular weight excluding hydrogens is 488 g/mol. The number of rotatable bonds is 7. The lowest BCUT2D eigenvalue weighted by Crippen LogP contribution is -1.87. The number of aromatic hydroxyl groups is 1. The zero-order chi connectivity index (χ0) is 26.2. The fourth-order valence-electron chi connectivity index (χ4n) is 3.56. The summed E-state index contributed by atoms with van der Waals surface area (Å²) in [5.74, 6) is 5.05. The van der Waals surface area contributed by atoms with E-state index in [2.05, 4.69) is 0 Å². The Balaban J connectivity index is 0.000000301. The summed E-state index contributed by atoms with van der Waals surface area (Å²) in [5, 5.41) is 9.85. The Hall–Kier alpha value is -4.36. The van der Waals surface area contributed by atoms with Gasteiger partial charge in [0.25, 0.3) is 0 Å². The van der Waals surface area contributed by atoms with Crippen LogP contribution in [-0.4, -0.2) is 33.5 Å². The zero-order valence-electron chi connectivity index (χ0n) is 21.1. The molecule has 0 spiro atoms. The number of benzene rings is 4. The zero-order valence-corrected chi connectivity index (χ0v) is 21.9. The Morgan fingerprint density at radius 3 is 1.54 bits per heavy atom. The maximum atomic E-state index is 8.80. The van der Waals surface area contributed by atoms with E-state index in [1.807, 2.05) is 66.7 Å². The lowest BCUT2D eigenvalue weighted by Gasteiger charge is -2.09. The van der Waals surface area contributed by atoms with Crippen molar-refractivity contribution in [3.8, 4) is 50.7 Å². The Morgan fingerprint density at radius 2 is 1.00 bits per heavy atom. The van der Waals surface area contributed by atoms with Gasteiger partial charge in [-0.25, -0.2) is 0 Å². The molecule has 5 aromatic rings. The molecule has 1 heterocycles. The van der Waals surface area contributed by atoms with Crippen molar-refractivity contribution in [2.75, 3.05) is 28.4 Å². The number of methoxy groups -OCH3 is 4. The van der Waals surface area contributed by atoms with Gasteiger partial charge < -0.3 is 28.8 Å². The van der Waals surface area contributed by atoms with Crippen molar-refractivity contribution in [3.05, 3.63) is 91.0 Å². The number of fused-ring (bicyclic) bond motifs is 1. The van der Waals surface area contributed by atoms with Crippen LogP contribution in [0.25, 0.3) is 20.5 Å². The Morgan fingerprint density at radius 1 is 0.541 bits per heavy atom. The Kier molecular flexibility index (Phi) is 8.38. The second-order valence-electron chi connectivity index (χ2n) is 7.83. The largest absolute Gasteiger partial charge is 0.508 e. The molecule has 0 bridgehead atoms. The summed E-state index contributed by atoms with van der Waals surface area (Å²) in [5.41, 5.74) is 1.07. The highest BCUT2D eigenvalue weighted by Gasteiger charge is 2.17. The summed E-state index contributed by atoms with van der Waals surface area (Å²) < 4.78 is 28.2. The van der Waals surface area contributed by atoms with E-state index in [1.165, 1.54) is 0 Å². The quantitative estimate of drug-likeness (QED) is 0.238. The molecule has 37 heavy (non-hydrogen) atoms. The molecule has 1 aromatic heterocycles. The Bertz CT molecular complexity index is 1420. The molecule has 7 heteroatoms. The SMILES string of the molecule is COc1ccc(O)cc1.COc1ccc(Oc2c(-c3ccc(OC)cc3)sc3cc(OC)ccc23)cc1. The van der Waals surface area contributed by atoms with Crippen molar-refractivity contribution in [2.24, 2.45) is 0 Å². The second-order valence-corrected chi connectivity index (χ2v) is 8.88. The van der Waals surface area contributed by atoms with Crippen LogP contribution in [-0.2, 0) is 0 Å². The summed E-state index contributed by atoms with van der Waals surface area (Å²) in [6.07, 6.45) is 0. The average molecular weight is 517 g/mol. The first kappa shape index (κ1) is 25.7. The third-order valence-corrected chi connectivity index (χ3v) is 6.74. The number of phenols is 1. The minimum atomic E-state index is 0.260. The monoisotopic (exact) mass is 516 g/mol. The summed E-state index contributed by atoms with van der Waals surface area (Å²) >= 11 is 1.68. The van der Waals surface area contributed by atoms with Crippen LogP contribution in [0.1, 0.15) is 0 Å². The number of ether oxygens (including phenoxy) is 5. The van der Waals surface area contributed by atoms with Gasteiger partial charge in [-0.3, -0.25) is 0 Å². The molecular formula is C30H28O6S. The van der Waals surface area contributed by atoms with Gasteiger partial charge in [0.15, 0.2) is 5.75 Å². The molecule has 1 N–H and O–H groups in total. The van der Waals surface area contributed by atoms with E-state index >= 15 is 0 Å². The minimum absolute atomic E-state index is 0.260. The lowest BCUT2D eigenvalue weighted by atomic mass is 10.1. The van der Waals surface area contributed by atoms with Crippen LogP contribution in [0.3, 0.4) is 0 Å². The fraction of sp³-hybridized carbons (Fsp3) is 0.133. The van der Waals surface area contributed by atoms with E-state index in [0.29, 0.717) is 0 Å². The maximum absolute atomic E-state index is 8.80. The summed E-state index contributed by atoms with van der Waals surface area (Å²) in [6.45, 7) is 0. The molecule has 6 nitrogen and oxygen atoms in total. The van der Waals surface area contributed by atoms with Gasteiger partial charge in [-0.2, -0.15) is 0 Å². The summed E-state index contributed by atoms with van der Waals surface area (Å²) in [4.78, 5) is 1.06. The molecule has 0 saturated heterocycles. The molecule has 0 saturated carbocycles. The topological polar surface area (TPSA) is 66.4 Å². The minimum Gasteiger partial charge on any atom is -0.508 e. The standard InChI is InChI=1S/C23H20O4S.C7H8O2/c1-24-16-6-4-15(5-7-16)23-22(27-18-10-8-17(25-2)9-11-18)20-13-12-19(26-3)14-21(20)28-23;1-9-7-4-2-6(8)3-5-7/h4-14H,1-3H3;2-5,8H,1H3. The van der Waals surface area contributed by atoms with Gasteiger partial charge in [-0.1, -0.05) is 0 Å². The van der Waals surface area contributed by atoms with Gasteiger partial charge in [-0.15, -0.1) is 11.3 Å². The van der Waals surface area contributed by atoms with E-state index < -0.39 is 0 Å². The number of hydrogen-bond acceptors (Lipinski definition) is 7. The van der Waals surface area contributed by atoms with Crippen LogP contribution in [0.4, 0.5) is 0 Å². The summed E-state index contributed by atoms with van der Waals surface area (Å²) in [7, 11) is 6.58. The van der Waals surface area contributed by atoms with Gasteiger partial charge in [0.1, 0.15) is 34.5 Å². The highest BCUT2D eigenvalue weighted by Crippen LogP contribution is 2.47. The van der Waals surface area contributed by atoms with Gasteiger partial charge >= 0.3 is 0 Å². The van der Waals surface area contributed by atoms with Crippen LogP contribution in [0.15, 0.2) is 91.0 Å². The number of thiophene rings is 1. The number of hydrogen-bond donors (Lipinski definition) is 1. The van der Waals surface area contributed by atoms with Gasteiger partial charge in [0.2, 0.25) is 0 Å². The third kappa shape index (κ3) is 6.26. The first-order valence-electron chi connectivity index (χ1n) is 11.4.